The first-order valence-electron chi connectivity index (χ1n) is 9.05. The summed E-state index contributed by atoms with van der Waals surface area (Å²) >= 11 is 0. The SMILES string of the molecule is C=COc1ccc2c3ccccc3n(-c3ccnc(-c4ccccc4)n3)c2c1. The Morgan fingerprint density at radius 1 is 0.821 bits per heavy atom. The summed E-state index contributed by atoms with van der Waals surface area (Å²) in [6.07, 6.45) is 3.24. The first kappa shape index (κ1) is 16.3. The lowest BCUT2D eigenvalue weighted by molar-refractivity contribution is 0.484. The zero-order valence-electron chi connectivity index (χ0n) is 15.1. The molecule has 0 radical (unpaired) electrons. The smallest absolute Gasteiger partial charge is 0.161 e. The number of ether oxygens (including phenoxy) is 1. The second kappa shape index (κ2) is 6.67. The summed E-state index contributed by atoms with van der Waals surface area (Å²) in [6.45, 7) is 3.65. The zero-order valence-corrected chi connectivity index (χ0v) is 15.1. The molecule has 0 atom stereocenters. The van der Waals surface area contributed by atoms with Gasteiger partial charge < -0.3 is 4.74 Å². The Balaban J connectivity index is 1.80. The maximum atomic E-state index is 5.51. The van der Waals surface area contributed by atoms with Gasteiger partial charge in [-0.25, -0.2) is 9.97 Å². The van der Waals surface area contributed by atoms with Gasteiger partial charge in [0.1, 0.15) is 11.6 Å². The van der Waals surface area contributed by atoms with Crippen molar-refractivity contribution in [2.45, 2.75) is 0 Å². The predicted octanol–water partition coefficient (Wildman–Crippen LogP) is 5.76. The minimum Gasteiger partial charge on any atom is -0.466 e. The number of hydrogen-bond acceptors (Lipinski definition) is 3. The molecular weight excluding hydrogens is 346 g/mol. The van der Waals surface area contributed by atoms with Gasteiger partial charge in [-0.3, -0.25) is 4.57 Å². The fourth-order valence-electron chi connectivity index (χ4n) is 3.57. The molecule has 28 heavy (non-hydrogen) atoms. The van der Waals surface area contributed by atoms with E-state index < -0.39 is 0 Å². The van der Waals surface area contributed by atoms with Crippen LogP contribution in [0.3, 0.4) is 0 Å². The summed E-state index contributed by atoms with van der Waals surface area (Å²) < 4.78 is 7.66. The molecule has 0 aliphatic rings. The largest absolute Gasteiger partial charge is 0.466 e. The molecule has 5 aromatic rings. The molecule has 0 N–H and O–H groups in total. The molecule has 0 unspecified atom stereocenters. The highest BCUT2D eigenvalue weighted by atomic mass is 16.5. The van der Waals surface area contributed by atoms with Gasteiger partial charge in [0.15, 0.2) is 5.82 Å². The summed E-state index contributed by atoms with van der Waals surface area (Å²) in [5.74, 6) is 2.25. The van der Waals surface area contributed by atoms with E-state index in [4.69, 9.17) is 9.72 Å². The lowest BCUT2D eigenvalue weighted by Gasteiger charge is -2.09. The van der Waals surface area contributed by atoms with E-state index in [9.17, 15) is 0 Å². The maximum absolute atomic E-state index is 5.51. The Morgan fingerprint density at radius 2 is 1.61 bits per heavy atom. The van der Waals surface area contributed by atoms with Gasteiger partial charge in [-0.1, -0.05) is 55.1 Å². The second-order valence-corrected chi connectivity index (χ2v) is 6.42. The zero-order chi connectivity index (χ0) is 18.9. The molecule has 0 bridgehead atoms. The van der Waals surface area contributed by atoms with Gasteiger partial charge in [-0.05, 0) is 24.3 Å². The number of benzene rings is 3. The highest BCUT2D eigenvalue weighted by Crippen LogP contribution is 2.33. The van der Waals surface area contributed by atoms with E-state index in [0.717, 1.165) is 33.6 Å². The van der Waals surface area contributed by atoms with E-state index in [0.29, 0.717) is 5.82 Å². The lowest BCUT2D eigenvalue weighted by atomic mass is 10.1. The van der Waals surface area contributed by atoms with E-state index in [-0.39, 0.29) is 0 Å². The van der Waals surface area contributed by atoms with Crippen molar-refractivity contribution in [2.75, 3.05) is 0 Å². The van der Waals surface area contributed by atoms with Crippen LogP contribution >= 0.6 is 0 Å². The summed E-state index contributed by atoms with van der Waals surface area (Å²) in [5, 5.41) is 2.31. The van der Waals surface area contributed by atoms with Crippen molar-refractivity contribution in [2.24, 2.45) is 0 Å². The molecule has 0 aliphatic heterocycles. The van der Waals surface area contributed by atoms with Crippen LogP contribution in [0.2, 0.25) is 0 Å². The van der Waals surface area contributed by atoms with Crippen molar-refractivity contribution in [3.8, 4) is 23.0 Å². The van der Waals surface area contributed by atoms with Crippen LogP contribution in [0.25, 0.3) is 39.0 Å². The van der Waals surface area contributed by atoms with Crippen molar-refractivity contribution in [1.29, 1.82) is 0 Å². The van der Waals surface area contributed by atoms with Gasteiger partial charge in [0, 0.05) is 28.6 Å². The van der Waals surface area contributed by atoms with Crippen molar-refractivity contribution in [3.05, 3.63) is 97.9 Å². The Hall–Kier alpha value is -3.92. The Kier molecular flexibility index (Phi) is 3.87. The third-order valence-electron chi connectivity index (χ3n) is 4.77. The van der Waals surface area contributed by atoms with Gasteiger partial charge in [-0.2, -0.15) is 0 Å². The van der Waals surface area contributed by atoms with Crippen LogP contribution in [0.4, 0.5) is 0 Å². The Labute approximate surface area is 162 Å². The van der Waals surface area contributed by atoms with Gasteiger partial charge in [0.2, 0.25) is 0 Å². The van der Waals surface area contributed by atoms with Crippen molar-refractivity contribution >= 4 is 21.8 Å². The molecule has 0 saturated carbocycles. The lowest BCUT2D eigenvalue weighted by Crippen LogP contribution is -2.00. The summed E-state index contributed by atoms with van der Waals surface area (Å²) in [6, 6.07) is 26.3. The normalized spacial score (nSPS) is 11.0. The average Bonchev–Trinajstić information content (AvgIpc) is 3.08. The standard InChI is InChI=1S/C24H17N3O/c1-2-28-18-12-13-20-19-10-6-7-11-21(19)27(22(20)16-18)23-14-15-25-24(26-23)17-8-4-3-5-9-17/h2-16H,1H2. The molecule has 3 aromatic carbocycles. The number of aromatic nitrogens is 3. The molecule has 0 fully saturated rings. The fourth-order valence-corrected chi connectivity index (χ4v) is 3.57. The number of nitrogens with zero attached hydrogens (tertiary/aromatic N) is 3. The van der Waals surface area contributed by atoms with Crippen LogP contribution < -0.4 is 4.74 Å². The van der Waals surface area contributed by atoms with Gasteiger partial charge >= 0.3 is 0 Å². The van der Waals surface area contributed by atoms with E-state index in [1.54, 1.807) is 6.20 Å². The number of rotatable bonds is 4. The molecular formula is C24H17N3O. The minimum absolute atomic E-state index is 0.697. The van der Waals surface area contributed by atoms with Gasteiger partial charge in [-0.15, -0.1) is 0 Å². The van der Waals surface area contributed by atoms with Crippen molar-refractivity contribution < 1.29 is 4.74 Å². The molecule has 0 saturated heterocycles. The summed E-state index contributed by atoms with van der Waals surface area (Å²) in [7, 11) is 0. The molecule has 134 valence electrons. The average molecular weight is 363 g/mol. The van der Waals surface area contributed by atoms with Crippen molar-refractivity contribution in [3.63, 3.8) is 0 Å². The van der Waals surface area contributed by atoms with Gasteiger partial charge in [0.05, 0.1) is 17.3 Å². The summed E-state index contributed by atoms with van der Waals surface area (Å²) in [4.78, 5) is 9.32. The van der Waals surface area contributed by atoms with E-state index in [1.807, 2.05) is 54.6 Å². The predicted molar refractivity (Wildman–Crippen MR) is 113 cm³/mol. The highest BCUT2D eigenvalue weighted by Gasteiger charge is 2.14. The highest BCUT2D eigenvalue weighted by molar-refractivity contribution is 6.09. The van der Waals surface area contributed by atoms with Gasteiger partial charge in [0.25, 0.3) is 0 Å². The number of hydrogen-bond donors (Lipinski definition) is 0. The molecule has 5 rings (SSSR count). The van der Waals surface area contributed by atoms with Crippen LogP contribution in [0.15, 0.2) is 97.9 Å². The van der Waals surface area contributed by atoms with Crippen LogP contribution in [0, 0.1) is 0 Å². The van der Waals surface area contributed by atoms with Crippen LogP contribution in [-0.2, 0) is 0 Å². The number of fused-ring (bicyclic) bond motifs is 3. The number of para-hydroxylation sites is 1. The monoisotopic (exact) mass is 363 g/mol. The first-order chi connectivity index (χ1) is 13.8. The van der Waals surface area contributed by atoms with E-state index in [2.05, 4.69) is 40.4 Å². The van der Waals surface area contributed by atoms with Crippen LogP contribution in [0.1, 0.15) is 0 Å². The topological polar surface area (TPSA) is 39.9 Å². The Bertz CT molecular complexity index is 1310. The molecule has 2 heterocycles. The van der Waals surface area contributed by atoms with E-state index >= 15 is 0 Å². The molecule has 4 nitrogen and oxygen atoms in total. The molecule has 0 aliphatic carbocycles. The maximum Gasteiger partial charge on any atom is 0.161 e. The third kappa shape index (κ3) is 2.63. The minimum atomic E-state index is 0.697. The molecule has 2 aromatic heterocycles. The fraction of sp³-hybridized carbons (Fsp3) is 0. The second-order valence-electron chi connectivity index (χ2n) is 6.42. The van der Waals surface area contributed by atoms with E-state index in [1.165, 1.54) is 11.6 Å². The third-order valence-corrected chi connectivity index (χ3v) is 4.77. The quantitative estimate of drug-likeness (QED) is 0.381. The van der Waals surface area contributed by atoms with Crippen LogP contribution in [-0.4, -0.2) is 14.5 Å². The molecule has 4 heteroatoms. The molecule has 0 amide bonds. The molecule has 0 spiro atoms. The summed E-state index contributed by atoms with van der Waals surface area (Å²) in [5.41, 5.74) is 3.10. The van der Waals surface area contributed by atoms with Crippen LogP contribution in [0.5, 0.6) is 5.75 Å². The Morgan fingerprint density at radius 3 is 2.46 bits per heavy atom. The first-order valence-corrected chi connectivity index (χ1v) is 9.05. The van der Waals surface area contributed by atoms with Crippen molar-refractivity contribution in [1.82, 2.24) is 14.5 Å².